The second-order valence-electron chi connectivity index (χ2n) is 6.48. The molecule has 1 aromatic heterocycles. The van der Waals surface area contributed by atoms with Crippen molar-refractivity contribution < 1.29 is 9.13 Å². The molecule has 0 spiro atoms. The predicted octanol–water partition coefficient (Wildman–Crippen LogP) is 4.94. The first-order valence-electron chi connectivity index (χ1n) is 8.89. The normalized spacial score (nSPS) is 10.4. The van der Waals surface area contributed by atoms with E-state index in [1.165, 1.54) is 12.1 Å². The number of methoxy groups -OCH3 is 1. The van der Waals surface area contributed by atoms with Gasteiger partial charge in [-0.15, -0.1) is 0 Å². The molecule has 0 bridgehead atoms. The SMILES string of the molecule is COc1cc(C)ccc1NC(=S)N(Cc1ccc(F)cc1)Cc1cccnc1. The number of thiocarbonyl (C=S) groups is 1. The molecule has 144 valence electrons. The van der Waals surface area contributed by atoms with Crippen LogP contribution < -0.4 is 10.1 Å². The van der Waals surface area contributed by atoms with Gasteiger partial charge in [0.25, 0.3) is 0 Å². The Morgan fingerprint density at radius 2 is 1.86 bits per heavy atom. The average Bonchev–Trinajstić information content (AvgIpc) is 2.71. The summed E-state index contributed by atoms with van der Waals surface area (Å²) in [5.41, 5.74) is 3.90. The zero-order chi connectivity index (χ0) is 19.9. The highest BCUT2D eigenvalue weighted by atomic mass is 32.1. The van der Waals surface area contributed by atoms with Gasteiger partial charge in [-0.3, -0.25) is 4.98 Å². The summed E-state index contributed by atoms with van der Waals surface area (Å²) >= 11 is 5.69. The summed E-state index contributed by atoms with van der Waals surface area (Å²) in [6, 6.07) is 16.2. The summed E-state index contributed by atoms with van der Waals surface area (Å²) in [5, 5.41) is 3.83. The molecule has 0 saturated heterocycles. The van der Waals surface area contributed by atoms with E-state index in [-0.39, 0.29) is 5.82 Å². The summed E-state index contributed by atoms with van der Waals surface area (Å²) in [7, 11) is 1.63. The molecule has 3 rings (SSSR count). The van der Waals surface area contributed by atoms with Crippen molar-refractivity contribution in [1.29, 1.82) is 0 Å². The molecule has 2 aromatic carbocycles. The second kappa shape index (κ2) is 9.28. The van der Waals surface area contributed by atoms with E-state index in [9.17, 15) is 4.39 Å². The lowest BCUT2D eigenvalue weighted by molar-refractivity contribution is 0.408. The smallest absolute Gasteiger partial charge is 0.174 e. The number of rotatable bonds is 6. The number of nitrogens with one attached hydrogen (secondary N) is 1. The van der Waals surface area contributed by atoms with Crippen molar-refractivity contribution in [2.45, 2.75) is 20.0 Å². The molecule has 3 aromatic rings. The molecule has 0 amide bonds. The number of ether oxygens (including phenoxy) is 1. The van der Waals surface area contributed by atoms with E-state index >= 15 is 0 Å². The van der Waals surface area contributed by atoms with Crippen LogP contribution in [0, 0.1) is 12.7 Å². The van der Waals surface area contributed by atoms with E-state index < -0.39 is 0 Å². The van der Waals surface area contributed by atoms with Gasteiger partial charge in [0, 0.05) is 25.5 Å². The Bertz CT molecular complexity index is 932. The molecule has 0 fully saturated rings. The Morgan fingerprint density at radius 1 is 1.11 bits per heavy atom. The van der Waals surface area contributed by atoms with E-state index in [0.717, 1.165) is 28.1 Å². The van der Waals surface area contributed by atoms with Crippen molar-refractivity contribution in [2.75, 3.05) is 12.4 Å². The Morgan fingerprint density at radius 3 is 2.54 bits per heavy atom. The molecule has 1 heterocycles. The van der Waals surface area contributed by atoms with Gasteiger partial charge in [0.15, 0.2) is 5.11 Å². The Balaban J connectivity index is 1.82. The summed E-state index contributed by atoms with van der Waals surface area (Å²) in [5.74, 6) is 0.470. The number of aryl methyl sites for hydroxylation is 1. The van der Waals surface area contributed by atoms with E-state index in [2.05, 4.69) is 10.3 Å². The maximum Gasteiger partial charge on any atom is 0.174 e. The lowest BCUT2D eigenvalue weighted by atomic mass is 10.2. The van der Waals surface area contributed by atoms with Gasteiger partial charge in [0.1, 0.15) is 11.6 Å². The van der Waals surface area contributed by atoms with Crippen LogP contribution >= 0.6 is 12.2 Å². The molecule has 6 heteroatoms. The lowest BCUT2D eigenvalue weighted by Crippen LogP contribution is -2.34. The maximum absolute atomic E-state index is 13.3. The number of hydrogen-bond donors (Lipinski definition) is 1. The van der Waals surface area contributed by atoms with Crippen molar-refractivity contribution in [3.63, 3.8) is 0 Å². The van der Waals surface area contributed by atoms with Crippen LogP contribution in [0.25, 0.3) is 0 Å². The van der Waals surface area contributed by atoms with Crippen molar-refractivity contribution in [1.82, 2.24) is 9.88 Å². The highest BCUT2D eigenvalue weighted by Crippen LogP contribution is 2.26. The van der Waals surface area contributed by atoms with Crippen LogP contribution in [-0.4, -0.2) is 22.1 Å². The number of benzene rings is 2. The fourth-order valence-corrected chi connectivity index (χ4v) is 3.06. The van der Waals surface area contributed by atoms with Gasteiger partial charge < -0.3 is 15.0 Å². The Hall–Kier alpha value is -2.99. The molecule has 0 unspecified atom stereocenters. The second-order valence-corrected chi connectivity index (χ2v) is 6.86. The molecule has 4 nitrogen and oxygen atoms in total. The minimum Gasteiger partial charge on any atom is -0.495 e. The fraction of sp³-hybridized carbons (Fsp3) is 0.182. The van der Waals surface area contributed by atoms with Crippen LogP contribution in [-0.2, 0) is 13.1 Å². The fourth-order valence-electron chi connectivity index (χ4n) is 2.82. The van der Waals surface area contributed by atoms with Crippen LogP contribution in [0.15, 0.2) is 67.0 Å². The highest BCUT2D eigenvalue weighted by molar-refractivity contribution is 7.80. The zero-order valence-corrected chi connectivity index (χ0v) is 16.7. The quantitative estimate of drug-likeness (QED) is 0.599. The number of nitrogens with zero attached hydrogens (tertiary/aromatic N) is 2. The van der Waals surface area contributed by atoms with Crippen LogP contribution in [0.4, 0.5) is 10.1 Å². The molecule has 1 N–H and O–H groups in total. The van der Waals surface area contributed by atoms with Gasteiger partial charge in [-0.1, -0.05) is 24.3 Å². The molecular weight excluding hydrogens is 373 g/mol. The Labute approximate surface area is 170 Å². The van der Waals surface area contributed by atoms with E-state index in [1.807, 2.05) is 48.4 Å². The largest absolute Gasteiger partial charge is 0.495 e. The average molecular weight is 396 g/mol. The minimum atomic E-state index is -0.257. The lowest BCUT2D eigenvalue weighted by Gasteiger charge is -2.26. The van der Waals surface area contributed by atoms with E-state index in [1.54, 1.807) is 25.4 Å². The molecule has 0 aliphatic heterocycles. The number of pyridine rings is 1. The van der Waals surface area contributed by atoms with Crippen LogP contribution in [0.5, 0.6) is 5.75 Å². The summed E-state index contributed by atoms with van der Waals surface area (Å²) < 4.78 is 18.7. The van der Waals surface area contributed by atoms with Gasteiger partial charge >= 0.3 is 0 Å². The Kier molecular flexibility index (Phi) is 6.55. The standard InChI is InChI=1S/C22H22FN3OS/c1-16-5-10-20(21(12-16)27-2)25-22(28)26(15-18-4-3-11-24-13-18)14-17-6-8-19(23)9-7-17/h3-13H,14-15H2,1-2H3,(H,25,28). The summed E-state index contributed by atoms with van der Waals surface area (Å²) in [6.45, 7) is 3.12. The van der Waals surface area contributed by atoms with Crippen molar-refractivity contribution in [3.05, 3.63) is 89.5 Å². The molecule has 0 aliphatic carbocycles. The third kappa shape index (κ3) is 5.27. The summed E-state index contributed by atoms with van der Waals surface area (Å²) in [6.07, 6.45) is 3.55. The first-order chi connectivity index (χ1) is 13.5. The van der Waals surface area contributed by atoms with E-state index in [0.29, 0.717) is 18.2 Å². The molecule has 0 aliphatic rings. The number of hydrogen-bond acceptors (Lipinski definition) is 3. The highest BCUT2D eigenvalue weighted by Gasteiger charge is 2.14. The molecule has 0 saturated carbocycles. The van der Waals surface area contributed by atoms with Crippen LogP contribution in [0.3, 0.4) is 0 Å². The minimum absolute atomic E-state index is 0.257. The van der Waals surface area contributed by atoms with Crippen molar-refractivity contribution >= 4 is 23.0 Å². The molecule has 0 radical (unpaired) electrons. The first-order valence-corrected chi connectivity index (χ1v) is 9.30. The van der Waals surface area contributed by atoms with Crippen LogP contribution in [0.1, 0.15) is 16.7 Å². The first kappa shape index (κ1) is 19.8. The van der Waals surface area contributed by atoms with Crippen molar-refractivity contribution in [3.8, 4) is 5.75 Å². The number of anilines is 1. The van der Waals surface area contributed by atoms with Gasteiger partial charge in [-0.05, 0) is 66.2 Å². The number of halogens is 1. The van der Waals surface area contributed by atoms with Crippen LogP contribution in [0.2, 0.25) is 0 Å². The monoisotopic (exact) mass is 395 g/mol. The third-order valence-corrected chi connectivity index (χ3v) is 4.63. The topological polar surface area (TPSA) is 37.4 Å². The van der Waals surface area contributed by atoms with E-state index in [4.69, 9.17) is 17.0 Å². The molecule has 0 atom stereocenters. The van der Waals surface area contributed by atoms with Gasteiger partial charge in [-0.25, -0.2) is 4.39 Å². The zero-order valence-electron chi connectivity index (χ0n) is 15.9. The van der Waals surface area contributed by atoms with Gasteiger partial charge in [0.2, 0.25) is 0 Å². The van der Waals surface area contributed by atoms with Gasteiger partial charge in [-0.2, -0.15) is 0 Å². The number of aromatic nitrogens is 1. The molecular formula is C22H22FN3OS. The molecule has 28 heavy (non-hydrogen) atoms. The van der Waals surface area contributed by atoms with Crippen molar-refractivity contribution in [2.24, 2.45) is 0 Å². The predicted molar refractivity (Wildman–Crippen MR) is 114 cm³/mol. The third-order valence-electron chi connectivity index (χ3n) is 4.27. The van der Waals surface area contributed by atoms with Gasteiger partial charge in [0.05, 0.1) is 12.8 Å². The summed E-state index contributed by atoms with van der Waals surface area (Å²) in [4.78, 5) is 6.19. The maximum atomic E-state index is 13.3.